The lowest BCUT2D eigenvalue weighted by molar-refractivity contribution is 0.356. The van der Waals surface area contributed by atoms with Crippen molar-refractivity contribution >= 4 is 31.6 Å². The van der Waals surface area contributed by atoms with Crippen molar-refractivity contribution in [3.05, 3.63) is 46.8 Å². The molecule has 0 saturated carbocycles. The standard InChI is InChI=1S/C17H18N2O4S2/c1-11-5-7-12(8-6-11)25(20,21)18-17-19(2)13-9-14(22-3)15(23-4)10-16(13)24-17/h5-10H,1-4H3. The fraction of sp³-hybridized carbons (Fsp3) is 0.235. The molecule has 2 aromatic carbocycles. The Hall–Kier alpha value is -2.32. The zero-order chi connectivity index (χ0) is 18.2. The van der Waals surface area contributed by atoms with Crippen molar-refractivity contribution in [1.29, 1.82) is 0 Å². The third-order valence-corrected chi connectivity index (χ3v) is 6.32. The summed E-state index contributed by atoms with van der Waals surface area (Å²) in [5.74, 6) is 1.17. The maximum atomic E-state index is 12.6. The summed E-state index contributed by atoms with van der Waals surface area (Å²) in [5.41, 5.74) is 1.81. The van der Waals surface area contributed by atoms with Crippen LogP contribution in [0.25, 0.3) is 10.2 Å². The van der Waals surface area contributed by atoms with Crippen LogP contribution < -0.4 is 14.3 Å². The summed E-state index contributed by atoms with van der Waals surface area (Å²) in [7, 11) is 1.11. The number of sulfonamides is 1. The van der Waals surface area contributed by atoms with Crippen LogP contribution in [0.2, 0.25) is 0 Å². The van der Waals surface area contributed by atoms with Crippen LogP contribution in [0.15, 0.2) is 45.7 Å². The van der Waals surface area contributed by atoms with Gasteiger partial charge in [-0.05, 0) is 19.1 Å². The number of thiazole rings is 1. The smallest absolute Gasteiger partial charge is 0.285 e. The summed E-state index contributed by atoms with van der Waals surface area (Å²) in [5, 5.41) is 0. The van der Waals surface area contributed by atoms with Gasteiger partial charge >= 0.3 is 0 Å². The molecule has 0 atom stereocenters. The summed E-state index contributed by atoms with van der Waals surface area (Å²) in [6.07, 6.45) is 0. The maximum Gasteiger partial charge on any atom is 0.285 e. The number of methoxy groups -OCH3 is 2. The quantitative estimate of drug-likeness (QED) is 0.700. The highest BCUT2D eigenvalue weighted by Crippen LogP contribution is 2.33. The van der Waals surface area contributed by atoms with Crippen LogP contribution in [0.4, 0.5) is 0 Å². The fourth-order valence-electron chi connectivity index (χ4n) is 2.41. The molecule has 0 amide bonds. The number of benzene rings is 2. The van der Waals surface area contributed by atoms with Crippen LogP contribution >= 0.6 is 11.3 Å². The normalized spacial score (nSPS) is 12.6. The van der Waals surface area contributed by atoms with E-state index in [1.165, 1.54) is 11.3 Å². The van der Waals surface area contributed by atoms with E-state index in [2.05, 4.69) is 4.40 Å². The molecular formula is C17H18N2O4S2. The first-order valence-electron chi connectivity index (χ1n) is 7.45. The first-order valence-corrected chi connectivity index (χ1v) is 9.70. The van der Waals surface area contributed by atoms with E-state index < -0.39 is 10.0 Å². The number of fused-ring (bicyclic) bond motifs is 1. The Balaban J connectivity index is 2.19. The first-order chi connectivity index (χ1) is 11.9. The molecule has 8 heteroatoms. The number of hydrogen-bond donors (Lipinski definition) is 0. The van der Waals surface area contributed by atoms with Crippen molar-refractivity contribution in [2.75, 3.05) is 14.2 Å². The molecule has 3 aromatic rings. The van der Waals surface area contributed by atoms with Gasteiger partial charge in [0, 0.05) is 19.2 Å². The van der Waals surface area contributed by atoms with Gasteiger partial charge in [-0.2, -0.15) is 8.42 Å². The molecule has 0 fully saturated rings. The highest BCUT2D eigenvalue weighted by molar-refractivity contribution is 7.90. The van der Waals surface area contributed by atoms with Crippen LogP contribution in [0, 0.1) is 6.92 Å². The molecule has 0 aliphatic heterocycles. The molecule has 0 aliphatic rings. The first kappa shape index (κ1) is 17.5. The van der Waals surface area contributed by atoms with Gasteiger partial charge in [-0.3, -0.25) is 0 Å². The van der Waals surface area contributed by atoms with E-state index in [9.17, 15) is 8.42 Å². The zero-order valence-corrected chi connectivity index (χ0v) is 15.9. The molecule has 3 rings (SSSR count). The second kappa shape index (κ2) is 6.53. The third kappa shape index (κ3) is 3.27. The van der Waals surface area contributed by atoms with Gasteiger partial charge in [0.05, 0.1) is 29.3 Å². The summed E-state index contributed by atoms with van der Waals surface area (Å²) < 4.78 is 42.3. The highest BCUT2D eigenvalue weighted by atomic mass is 32.2. The molecule has 0 saturated heterocycles. The molecule has 0 radical (unpaired) electrons. The minimum atomic E-state index is -3.78. The maximum absolute atomic E-state index is 12.6. The molecule has 6 nitrogen and oxygen atoms in total. The molecular weight excluding hydrogens is 360 g/mol. The van der Waals surface area contributed by atoms with Gasteiger partial charge in [0.1, 0.15) is 0 Å². The zero-order valence-electron chi connectivity index (χ0n) is 14.3. The summed E-state index contributed by atoms with van der Waals surface area (Å²) in [6.45, 7) is 1.90. The van der Waals surface area contributed by atoms with Crippen LogP contribution in [0.5, 0.6) is 11.5 Å². The van der Waals surface area contributed by atoms with Crippen molar-refractivity contribution < 1.29 is 17.9 Å². The Kier molecular flexibility index (Phi) is 4.57. The molecule has 25 heavy (non-hydrogen) atoms. The van der Waals surface area contributed by atoms with Gasteiger partial charge in [-0.15, -0.1) is 4.40 Å². The van der Waals surface area contributed by atoms with E-state index in [-0.39, 0.29) is 4.90 Å². The summed E-state index contributed by atoms with van der Waals surface area (Å²) >= 11 is 1.28. The van der Waals surface area contributed by atoms with E-state index in [0.717, 1.165) is 15.8 Å². The number of ether oxygens (including phenoxy) is 2. The minimum Gasteiger partial charge on any atom is -0.493 e. The Morgan fingerprint density at radius 2 is 1.64 bits per heavy atom. The van der Waals surface area contributed by atoms with Crippen LogP contribution in [0.1, 0.15) is 5.56 Å². The minimum absolute atomic E-state index is 0.172. The Bertz CT molecular complexity index is 1090. The van der Waals surface area contributed by atoms with Crippen LogP contribution in [-0.4, -0.2) is 27.2 Å². The van der Waals surface area contributed by atoms with E-state index >= 15 is 0 Å². The Labute approximate surface area is 150 Å². The molecule has 0 unspecified atom stereocenters. The predicted octanol–water partition coefficient (Wildman–Crippen LogP) is 2.86. The SMILES string of the molecule is COc1cc2sc(=NS(=O)(=O)c3ccc(C)cc3)n(C)c2cc1OC. The summed E-state index contributed by atoms with van der Waals surface area (Å²) in [6, 6.07) is 10.3. The number of aryl methyl sites for hydroxylation is 2. The average molecular weight is 378 g/mol. The van der Waals surface area contributed by atoms with Crippen molar-refractivity contribution in [3.8, 4) is 11.5 Å². The monoisotopic (exact) mass is 378 g/mol. The summed E-state index contributed by atoms with van der Waals surface area (Å²) in [4.78, 5) is 0.552. The largest absolute Gasteiger partial charge is 0.493 e. The van der Waals surface area contributed by atoms with Crippen molar-refractivity contribution in [2.45, 2.75) is 11.8 Å². The van der Waals surface area contributed by atoms with E-state index in [1.807, 2.05) is 19.1 Å². The molecule has 132 valence electrons. The van der Waals surface area contributed by atoms with Gasteiger partial charge in [0.15, 0.2) is 11.5 Å². The topological polar surface area (TPSA) is 69.9 Å². The van der Waals surface area contributed by atoms with Crippen molar-refractivity contribution in [1.82, 2.24) is 4.57 Å². The van der Waals surface area contributed by atoms with Gasteiger partial charge < -0.3 is 14.0 Å². The Morgan fingerprint density at radius 1 is 1.04 bits per heavy atom. The highest BCUT2D eigenvalue weighted by Gasteiger charge is 2.15. The van der Waals surface area contributed by atoms with Gasteiger partial charge in [-0.1, -0.05) is 29.0 Å². The Morgan fingerprint density at radius 3 is 2.24 bits per heavy atom. The van der Waals surface area contributed by atoms with Crippen LogP contribution in [0.3, 0.4) is 0 Å². The van der Waals surface area contributed by atoms with Gasteiger partial charge in [0.2, 0.25) is 4.80 Å². The lowest BCUT2D eigenvalue weighted by Crippen LogP contribution is -2.13. The van der Waals surface area contributed by atoms with Crippen LogP contribution in [-0.2, 0) is 17.1 Å². The van der Waals surface area contributed by atoms with E-state index in [1.54, 1.807) is 50.1 Å². The number of hydrogen-bond acceptors (Lipinski definition) is 5. The van der Waals surface area contributed by atoms with E-state index in [4.69, 9.17) is 9.47 Å². The third-order valence-electron chi connectivity index (χ3n) is 3.83. The number of nitrogens with zero attached hydrogens (tertiary/aromatic N) is 2. The lowest BCUT2D eigenvalue weighted by Gasteiger charge is -2.07. The molecule has 1 heterocycles. The molecule has 0 bridgehead atoms. The predicted molar refractivity (Wildman–Crippen MR) is 97.8 cm³/mol. The van der Waals surface area contributed by atoms with Gasteiger partial charge in [0.25, 0.3) is 10.0 Å². The second-order valence-electron chi connectivity index (χ2n) is 5.50. The fourth-order valence-corrected chi connectivity index (χ4v) is 4.66. The average Bonchev–Trinajstić information content (AvgIpc) is 2.88. The number of aromatic nitrogens is 1. The molecule has 0 N–H and O–H groups in total. The van der Waals surface area contributed by atoms with Crippen molar-refractivity contribution in [2.24, 2.45) is 11.4 Å². The van der Waals surface area contributed by atoms with E-state index in [0.29, 0.717) is 16.3 Å². The second-order valence-corrected chi connectivity index (χ2v) is 8.11. The lowest BCUT2D eigenvalue weighted by atomic mass is 10.2. The van der Waals surface area contributed by atoms with Gasteiger partial charge in [-0.25, -0.2) is 0 Å². The molecule has 0 spiro atoms. The molecule has 0 aliphatic carbocycles. The van der Waals surface area contributed by atoms with Crippen molar-refractivity contribution in [3.63, 3.8) is 0 Å². The number of rotatable bonds is 4. The molecule has 1 aromatic heterocycles.